The zero-order valence-electron chi connectivity index (χ0n) is 16.7. The van der Waals surface area contributed by atoms with E-state index in [-0.39, 0.29) is 11.6 Å². The Bertz CT molecular complexity index is 1100. The van der Waals surface area contributed by atoms with Crippen LogP contribution >= 0.6 is 11.8 Å². The smallest absolute Gasteiger partial charge is 0.416 e. The number of halogens is 3. The second-order valence-electron chi connectivity index (χ2n) is 7.13. The fraction of sp³-hybridized carbons (Fsp3) is 0.227. The van der Waals surface area contributed by atoms with Gasteiger partial charge in [-0.2, -0.15) is 13.2 Å². The summed E-state index contributed by atoms with van der Waals surface area (Å²) in [7, 11) is 1.57. The number of alkyl halides is 3. The molecule has 0 aliphatic carbocycles. The summed E-state index contributed by atoms with van der Waals surface area (Å²) in [4.78, 5) is 13.2. The van der Waals surface area contributed by atoms with E-state index in [9.17, 15) is 18.0 Å². The number of hydrogen-bond donors (Lipinski definition) is 2. The standard InChI is InChI=1S/C22H20F3N3O2S/c1-13-6-11-18-28(13)27-19(14-7-9-17(30-2)10-8-14)20(31-18)21(29)26-16-5-3-4-15(12-16)22(23,24)25/h3-12,19-20,27H,1-2H3,(H,26,29). The van der Waals surface area contributed by atoms with E-state index in [1.54, 1.807) is 7.11 Å². The fourth-order valence-electron chi connectivity index (χ4n) is 3.43. The van der Waals surface area contributed by atoms with E-state index in [0.29, 0.717) is 5.75 Å². The van der Waals surface area contributed by atoms with Crippen molar-refractivity contribution >= 4 is 23.4 Å². The average Bonchev–Trinajstić information content (AvgIpc) is 3.12. The minimum atomic E-state index is -4.48. The SMILES string of the molecule is COc1ccc(C2Nn3c(C)ccc3SC2C(=O)Nc2cccc(C(F)(F)F)c2)cc1. The summed E-state index contributed by atoms with van der Waals surface area (Å²) in [5.41, 5.74) is 4.50. The Balaban J connectivity index is 1.64. The molecule has 0 bridgehead atoms. The van der Waals surface area contributed by atoms with Crippen molar-refractivity contribution in [1.29, 1.82) is 0 Å². The number of aromatic nitrogens is 1. The molecule has 0 radical (unpaired) electrons. The molecule has 0 saturated heterocycles. The molecule has 3 aromatic rings. The molecule has 1 aromatic heterocycles. The Kier molecular flexibility index (Phi) is 5.62. The quantitative estimate of drug-likeness (QED) is 0.576. The van der Waals surface area contributed by atoms with Gasteiger partial charge in [0.1, 0.15) is 11.0 Å². The first kappa shape index (κ1) is 21.2. The van der Waals surface area contributed by atoms with Gasteiger partial charge >= 0.3 is 6.18 Å². The second kappa shape index (κ2) is 8.22. The summed E-state index contributed by atoms with van der Waals surface area (Å²) in [6, 6.07) is 15.4. The Morgan fingerprint density at radius 2 is 1.87 bits per heavy atom. The molecule has 31 heavy (non-hydrogen) atoms. The maximum Gasteiger partial charge on any atom is 0.416 e. The van der Waals surface area contributed by atoms with Crippen molar-refractivity contribution in [2.24, 2.45) is 0 Å². The second-order valence-corrected chi connectivity index (χ2v) is 8.30. The number of carbonyl (C=O) groups is 1. The number of nitrogens with zero attached hydrogens (tertiary/aromatic N) is 1. The van der Waals surface area contributed by atoms with Gasteiger partial charge in [-0.3, -0.25) is 9.47 Å². The number of benzene rings is 2. The summed E-state index contributed by atoms with van der Waals surface area (Å²) in [6.07, 6.45) is -4.48. The average molecular weight is 447 g/mol. The minimum Gasteiger partial charge on any atom is -0.497 e. The number of fused-ring (bicyclic) bond motifs is 1. The zero-order chi connectivity index (χ0) is 22.2. The summed E-state index contributed by atoms with van der Waals surface area (Å²) < 4.78 is 46.2. The number of thioether (sulfide) groups is 1. The van der Waals surface area contributed by atoms with Crippen LogP contribution in [0.15, 0.2) is 65.7 Å². The van der Waals surface area contributed by atoms with Gasteiger partial charge in [-0.15, -0.1) is 0 Å². The first-order valence-electron chi connectivity index (χ1n) is 9.50. The van der Waals surface area contributed by atoms with Gasteiger partial charge in [0.15, 0.2) is 0 Å². The molecule has 1 amide bonds. The van der Waals surface area contributed by atoms with Gasteiger partial charge in [-0.25, -0.2) is 0 Å². The Labute approximate surface area is 181 Å². The highest BCUT2D eigenvalue weighted by molar-refractivity contribution is 8.00. The lowest BCUT2D eigenvalue weighted by Crippen LogP contribution is -2.41. The molecule has 2 heterocycles. The number of carbonyl (C=O) groups excluding carboxylic acids is 1. The maximum atomic E-state index is 13.2. The molecule has 2 unspecified atom stereocenters. The van der Waals surface area contributed by atoms with Crippen molar-refractivity contribution in [2.75, 3.05) is 17.9 Å². The summed E-state index contributed by atoms with van der Waals surface area (Å²) >= 11 is 1.36. The Morgan fingerprint density at radius 1 is 1.13 bits per heavy atom. The number of hydrogen-bond acceptors (Lipinski definition) is 4. The molecular weight excluding hydrogens is 427 g/mol. The van der Waals surface area contributed by atoms with Crippen molar-refractivity contribution < 1.29 is 22.7 Å². The molecule has 9 heteroatoms. The molecule has 2 N–H and O–H groups in total. The Morgan fingerprint density at radius 3 is 2.55 bits per heavy atom. The number of amides is 1. The van der Waals surface area contributed by atoms with Gasteiger partial charge in [0.25, 0.3) is 0 Å². The number of anilines is 1. The number of rotatable bonds is 4. The van der Waals surface area contributed by atoms with E-state index < -0.39 is 23.0 Å². The van der Waals surface area contributed by atoms with Crippen LogP contribution in [0.3, 0.4) is 0 Å². The molecule has 1 aliphatic rings. The van der Waals surface area contributed by atoms with Gasteiger partial charge in [-0.05, 0) is 55.0 Å². The van der Waals surface area contributed by atoms with Crippen LogP contribution in [-0.4, -0.2) is 22.9 Å². The number of aryl methyl sites for hydroxylation is 1. The summed E-state index contributed by atoms with van der Waals surface area (Å²) in [5, 5.41) is 2.90. The van der Waals surface area contributed by atoms with Crippen LogP contribution < -0.4 is 15.5 Å². The van der Waals surface area contributed by atoms with Gasteiger partial charge in [0.05, 0.1) is 23.7 Å². The van der Waals surface area contributed by atoms with E-state index in [1.165, 1.54) is 23.9 Å². The van der Waals surface area contributed by atoms with Crippen molar-refractivity contribution in [3.05, 3.63) is 77.5 Å². The van der Waals surface area contributed by atoms with Gasteiger partial charge < -0.3 is 15.5 Å². The first-order chi connectivity index (χ1) is 14.8. The summed E-state index contributed by atoms with van der Waals surface area (Å²) in [6.45, 7) is 1.95. The third kappa shape index (κ3) is 4.36. The van der Waals surface area contributed by atoms with Crippen molar-refractivity contribution in [1.82, 2.24) is 4.68 Å². The maximum absolute atomic E-state index is 13.2. The lowest BCUT2D eigenvalue weighted by molar-refractivity contribution is -0.137. The molecule has 162 valence electrons. The fourth-order valence-corrected chi connectivity index (χ4v) is 4.66. The van der Waals surface area contributed by atoms with E-state index in [0.717, 1.165) is 28.4 Å². The molecule has 2 aromatic carbocycles. The van der Waals surface area contributed by atoms with Crippen LogP contribution in [0.2, 0.25) is 0 Å². The molecule has 0 fully saturated rings. The molecule has 0 saturated carbocycles. The van der Waals surface area contributed by atoms with Gasteiger partial charge in [0.2, 0.25) is 5.91 Å². The van der Waals surface area contributed by atoms with Crippen LogP contribution in [-0.2, 0) is 11.0 Å². The van der Waals surface area contributed by atoms with Crippen molar-refractivity contribution in [3.8, 4) is 5.75 Å². The highest BCUT2D eigenvalue weighted by Gasteiger charge is 2.36. The number of nitrogens with one attached hydrogen (secondary N) is 2. The van der Waals surface area contributed by atoms with Gasteiger partial charge in [0, 0.05) is 11.4 Å². The molecule has 1 aliphatic heterocycles. The molecule has 0 spiro atoms. The largest absolute Gasteiger partial charge is 0.497 e. The predicted molar refractivity (Wildman–Crippen MR) is 114 cm³/mol. The lowest BCUT2D eigenvalue weighted by atomic mass is 10.0. The van der Waals surface area contributed by atoms with Crippen LogP contribution in [0.25, 0.3) is 0 Å². The van der Waals surface area contributed by atoms with E-state index in [1.807, 2.05) is 48.0 Å². The summed E-state index contributed by atoms with van der Waals surface area (Å²) in [5.74, 6) is 0.303. The molecule has 2 atom stereocenters. The lowest BCUT2D eigenvalue weighted by Gasteiger charge is -2.34. The van der Waals surface area contributed by atoms with Crippen LogP contribution in [0.5, 0.6) is 5.75 Å². The predicted octanol–water partition coefficient (Wildman–Crippen LogP) is 5.22. The van der Waals surface area contributed by atoms with E-state index in [2.05, 4.69) is 10.7 Å². The minimum absolute atomic E-state index is 0.103. The molecular formula is C22H20F3N3O2S. The molecule has 5 nitrogen and oxygen atoms in total. The van der Waals surface area contributed by atoms with E-state index >= 15 is 0 Å². The number of ether oxygens (including phenoxy) is 1. The van der Waals surface area contributed by atoms with Crippen LogP contribution in [0, 0.1) is 6.92 Å². The van der Waals surface area contributed by atoms with Crippen molar-refractivity contribution in [3.63, 3.8) is 0 Å². The van der Waals surface area contributed by atoms with Crippen LogP contribution in [0.1, 0.15) is 22.9 Å². The first-order valence-corrected chi connectivity index (χ1v) is 10.4. The Hall–Kier alpha value is -3.07. The number of methoxy groups -OCH3 is 1. The monoisotopic (exact) mass is 447 g/mol. The highest BCUT2D eigenvalue weighted by atomic mass is 32.2. The third-order valence-corrected chi connectivity index (χ3v) is 6.35. The normalized spacial score (nSPS) is 18.1. The highest BCUT2D eigenvalue weighted by Crippen LogP contribution is 2.39. The third-order valence-electron chi connectivity index (χ3n) is 5.05. The van der Waals surface area contributed by atoms with Crippen LogP contribution in [0.4, 0.5) is 18.9 Å². The topological polar surface area (TPSA) is 55.3 Å². The van der Waals surface area contributed by atoms with E-state index in [4.69, 9.17) is 4.74 Å². The van der Waals surface area contributed by atoms with Crippen molar-refractivity contribution in [2.45, 2.75) is 29.4 Å². The zero-order valence-corrected chi connectivity index (χ0v) is 17.6. The molecule has 4 rings (SSSR count). The van der Waals surface area contributed by atoms with Gasteiger partial charge in [-0.1, -0.05) is 30.0 Å².